The van der Waals surface area contributed by atoms with Gasteiger partial charge in [-0.3, -0.25) is 9.59 Å². The Kier molecular flexibility index (Phi) is 10.2. The smallest absolute Gasteiger partial charge is 0.371 e. The second-order valence-corrected chi connectivity index (χ2v) is 3.73. The lowest BCUT2D eigenvalue weighted by molar-refractivity contribution is -0.148. The van der Waals surface area contributed by atoms with Gasteiger partial charge in [-0.2, -0.15) is 0 Å². The molecule has 0 aromatic heterocycles. The average molecular weight is 244 g/mol. The lowest BCUT2D eigenvalue weighted by Crippen LogP contribution is -2.06. The van der Waals surface area contributed by atoms with E-state index < -0.39 is 5.97 Å². The molecule has 0 radical (unpaired) electrons. The van der Waals surface area contributed by atoms with Crippen molar-refractivity contribution in [3.63, 3.8) is 0 Å². The second kappa shape index (κ2) is 11.1. The van der Waals surface area contributed by atoms with Gasteiger partial charge in [0.15, 0.2) is 0 Å². The van der Waals surface area contributed by atoms with Crippen molar-refractivity contribution in [1.82, 2.24) is 0 Å². The molecule has 0 fully saturated rings. The van der Waals surface area contributed by atoms with Gasteiger partial charge in [-0.1, -0.05) is 25.7 Å². The van der Waals surface area contributed by atoms with Crippen molar-refractivity contribution >= 4 is 18.2 Å². The maximum absolute atomic E-state index is 10.8. The molecule has 0 aliphatic heterocycles. The van der Waals surface area contributed by atoms with E-state index in [9.17, 15) is 14.4 Å². The quantitative estimate of drug-likeness (QED) is 0.253. The Morgan fingerprint density at radius 2 is 1.59 bits per heavy atom. The fourth-order valence-corrected chi connectivity index (χ4v) is 1.39. The first-order chi connectivity index (χ1) is 8.20. The number of unbranched alkanes of at least 4 members (excludes halogenated alkanes) is 5. The molecule has 5 nitrogen and oxygen atoms in total. The number of carbonyl (C=O) groups excluding carboxylic acids is 3. The van der Waals surface area contributed by atoms with E-state index >= 15 is 0 Å². The molecular formula is C12H20O5. The van der Waals surface area contributed by atoms with E-state index in [1.807, 2.05) is 0 Å². The van der Waals surface area contributed by atoms with Crippen LogP contribution >= 0.6 is 0 Å². The van der Waals surface area contributed by atoms with Crippen molar-refractivity contribution in [2.24, 2.45) is 0 Å². The number of aldehydes is 1. The van der Waals surface area contributed by atoms with Crippen LogP contribution in [0.1, 0.15) is 44.9 Å². The minimum atomic E-state index is -0.803. The molecule has 0 saturated carbocycles. The molecular weight excluding hydrogens is 224 g/mol. The highest BCUT2D eigenvalue weighted by Gasteiger charge is 2.00. The van der Waals surface area contributed by atoms with Crippen LogP contribution in [0.25, 0.3) is 0 Å². The lowest BCUT2D eigenvalue weighted by Gasteiger charge is -2.02. The molecule has 98 valence electrons. The van der Waals surface area contributed by atoms with Crippen molar-refractivity contribution in [3.8, 4) is 0 Å². The molecule has 17 heavy (non-hydrogen) atoms. The highest BCUT2D eigenvalue weighted by molar-refractivity contribution is 6.20. The van der Waals surface area contributed by atoms with Gasteiger partial charge in [-0.25, -0.2) is 4.79 Å². The summed E-state index contributed by atoms with van der Waals surface area (Å²) < 4.78 is 9.12. The minimum absolute atomic E-state index is 0.161. The van der Waals surface area contributed by atoms with Crippen molar-refractivity contribution in [2.45, 2.75) is 44.9 Å². The topological polar surface area (TPSA) is 69.7 Å². The maximum Gasteiger partial charge on any atom is 0.371 e. The number of hydrogen-bond donors (Lipinski definition) is 0. The normalized spacial score (nSPS) is 9.71. The van der Waals surface area contributed by atoms with Gasteiger partial charge < -0.3 is 9.47 Å². The van der Waals surface area contributed by atoms with Crippen LogP contribution in [0.3, 0.4) is 0 Å². The van der Waals surface area contributed by atoms with E-state index in [1.54, 1.807) is 0 Å². The minimum Gasteiger partial charge on any atom is -0.469 e. The third-order valence-electron chi connectivity index (χ3n) is 2.34. The van der Waals surface area contributed by atoms with Crippen molar-refractivity contribution in [3.05, 3.63) is 0 Å². The van der Waals surface area contributed by atoms with Gasteiger partial charge in [-0.05, 0) is 12.8 Å². The summed E-state index contributed by atoms with van der Waals surface area (Å²) in [5, 5.41) is 0. The molecule has 0 bridgehead atoms. The summed E-state index contributed by atoms with van der Waals surface area (Å²) in [6, 6.07) is 0. The Hall–Kier alpha value is -1.39. The van der Waals surface area contributed by atoms with Gasteiger partial charge in [-0.15, -0.1) is 0 Å². The van der Waals surface area contributed by atoms with Crippen LogP contribution in [-0.4, -0.2) is 31.9 Å². The summed E-state index contributed by atoms with van der Waals surface area (Å²) in [6.07, 6.45) is 6.34. The molecule has 5 heteroatoms. The molecule has 0 aliphatic rings. The number of rotatable bonds is 10. The first-order valence-corrected chi connectivity index (χ1v) is 5.89. The van der Waals surface area contributed by atoms with Crippen molar-refractivity contribution in [1.29, 1.82) is 0 Å². The van der Waals surface area contributed by atoms with Gasteiger partial charge in [0.05, 0.1) is 13.7 Å². The second-order valence-electron chi connectivity index (χ2n) is 3.73. The molecule has 0 aromatic carbocycles. The van der Waals surface area contributed by atoms with E-state index in [0.29, 0.717) is 13.0 Å². The zero-order valence-corrected chi connectivity index (χ0v) is 10.3. The molecule has 0 rings (SSSR count). The van der Waals surface area contributed by atoms with E-state index in [-0.39, 0.29) is 12.3 Å². The van der Waals surface area contributed by atoms with Crippen LogP contribution in [0.2, 0.25) is 0 Å². The first kappa shape index (κ1) is 15.6. The molecule has 0 aliphatic carbocycles. The van der Waals surface area contributed by atoms with Crippen molar-refractivity contribution < 1.29 is 23.9 Å². The number of methoxy groups -OCH3 is 1. The predicted molar refractivity (Wildman–Crippen MR) is 61.4 cm³/mol. The number of esters is 2. The summed E-state index contributed by atoms with van der Waals surface area (Å²) in [5.41, 5.74) is 0. The van der Waals surface area contributed by atoms with Gasteiger partial charge >= 0.3 is 11.9 Å². The Bertz CT molecular complexity index is 237. The van der Waals surface area contributed by atoms with E-state index in [1.165, 1.54) is 7.11 Å². The zero-order valence-electron chi connectivity index (χ0n) is 10.3. The van der Waals surface area contributed by atoms with E-state index in [2.05, 4.69) is 9.47 Å². The van der Waals surface area contributed by atoms with Crippen LogP contribution in [-0.2, 0) is 23.9 Å². The summed E-state index contributed by atoms with van der Waals surface area (Å²) in [4.78, 5) is 31.1. The van der Waals surface area contributed by atoms with Gasteiger partial charge in [0.25, 0.3) is 0 Å². The van der Waals surface area contributed by atoms with Crippen LogP contribution in [0, 0.1) is 0 Å². The summed E-state index contributed by atoms with van der Waals surface area (Å²) >= 11 is 0. The molecule has 0 saturated heterocycles. The lowest BCUT2D eigenvalue weighted by atomic mass is 10.1. The highest BCUT2D eigenvalue weighted by Crippen LogP contribution is 2.07. The summed E-state index contributed by atoms with van der Waals surface area (Å²) in [7, 11) is 1.39. The molecule has 0 aromatic rings. The molecule has 0 atom stereocenters. The molecule has 0 heterocycles. The third-order valence-corrected chi connectivity index (χ3v) is 2.34. The fourth-order valence-electron chi connectivity index (χ4n) is 1.39. The summed E-state index contributed by atoms with van der Waals surface area (Å²) in [6.45, 7) is 0.305. The number of carbonyl (C=O) groups is 3. The third kappa shape index (κ3) is 10.9. The number of hydrogen-bond acceptors (Lipinski definition) is 5. The Morgan fingerprint density at radius 3 is 2.18 bits per heavy atom. The fraction of sp³-hybridized carbons (Fsp3) is 0.750. The Morgan fingerprint density at radius 1 is 1.00 bits per heavy atom. The maximum atomic E-state index is 10.8. The van der Waals surface area contributed by atoms with Gasteiger partial charge in [0.2, 0.25) is 6.29 Å². The molecule has 0 amide bonds. The van der Waals surface area contributed by atoms with E-state index in [4.69, 9.17) is 0 Å². The Labute approximate surface area is 101 Å². The Balaban J connectivity index is 3.11. The van der Waals surface area contributed by atoms with Crippen LogP contribution in [0.5, 0.6) is 0 Å². The summed E-state index contributed by atoms with van der Waals surface area (Å²) in [5.74, 6) is -0.964. The highest BCUT2D eigenvalue weighted by atomic mass is 16.5. The average Bonchev–Trinajstić information content (AvgIpc) is 2.35. The first-order valence-electron chi connectivity index (χ1n) is 5.89. The zero-order chi connectivity index (χ0) is 12.9. The number of ether oxygens (including phenoxy) is 2. The SMILES string of the molecule is COC(=O)CCCCCCCCOC(=O)C=O. The largest absolute Gasteiger partial charge is 0.469 e. The monoisotopic (exact) mass is 244 g/mol. The van der Waals surface area contributed by atoms with E-state index in [0.717, 1.165) is 38.5 Å². The van der Waals surface area contributed by atoms with Gasteiger partial charge in [0, 0.05) is 6.42 Å². The van der Waals surface area contributed by atoms with Crippen LogP contribution in [0.15, 0.2) is 0 Å². The predicted octanol–water partition coefficient (Wildman–Crippen LogP) is 1.63. The van der Waals surface area contributed by atoms with Gasteiger partial charge in [0.1, 0.15) is 0 Å². The molecule has 0 unspecified atom stereocenters. The van der Waals surface area contributed by atoms with Crippen LogP contribution in [0.4, 0.5) is 0 Å². The van der Waals surface area contributed by atoms with Crippen molar-refractivity contribution in [2.75, 3.05) is 13.7 Å². The molecule has 0 N–H and O–H groups in total. The molecule has 0 spiro atoms. The van der Waals surface area contributed by atoms with Crippen LogP contribution < -0.4 is 0 Å². The standard InChI is InChI=1S/C12H20O5/c1-16-11(14)8-6-4-2-3-5-7-9-17-12(15)10-13/h10H,2-9H2,1H3.